The minimum Gasteiger partial charge on any atom is -0.445 e. The number of unbranched alkanes of at least 4 members (excludes halogenated alkanes) is 7. The molecule has 3 aromatic carbocycles. The Balaban J connectivity index is 1.18. The fraction of sp³-hybridized carbons (Fsp3) is 0.521. The maximum atomic E-state index is 14.7. The number of rotatable bonds is 41. The number of hydrogen-bond acceptors (Lipinski definition) is 19. The van der Waals surface area contributed by atoms with Crippen molar-refractivity contribution in [3.05, 3.63) is 135 Å². The molecule has 8 rings (SSSR count). The van der Waals surface area contributed by atoms with Crippen molar-refractivity contribution in [2.75, 3.05) is 89.6 Å². The van der Waals surface area contributed by atoms with Crippen LogP contribution in [0.5, 0.6) is 0 Å². The summed E-state index contributed by atoms with van der Waals surface area (Å²) < 4.78 is 191. The number of aromatic nitrogens is 3. The molecule has 29 nitrogen and oxygen atoms in total. The smallest absolute Gasteiger partial charge is 0.445 e. The van der Waals surface area contributed by atoms with Crippen molar-refractivity contribution in [3.63, 3.8) is 0 Å². The lowest BCUT2D eigenvalue weighted by Gasteiger charge is -2.33. The number of hydroxylamine groups is 2. The van der Waals surface area contributed by atoms with E-state index in [0.29, 0.717) is 146 Å². The number of aryl methyl sites for hydroxylation is 1. The summed E-state index contributed by atoms with van der Waals surface area (Å²) in [4.78, 5) is 71.5. The number of hydrogen-bond donors (Lipinski definition) is 6. The van der Waals surface area contributed by atoms with E-state index in [1.54, 1.807) is 30.5 Å². The average molecular weight is 1590 g/mol. The van der Waals surface area contributed by atoms with Gasteiger partial charge >= 0.3 is 12.9 Å². The highest BCUT2D eigenvalue weighted by Gasteiger charge is 2.46. The second-order valence-corrected chi connectivity index (χ2v) is 35.0. The SMILES string of the molecule is CC1(C)C(/C=C/C2=C(c3cc(C(=O)NCCCCn4cc(C[N+](C)(C)C[B-](F)(F)F)nn4)cc(C(=O)NCCCOCCOCC(=O)ON4C(=O)CCC4=O)c3)C(=C/C=C3/N(CCCCCCS(=O)(=O)O)c4ccc(S(=O)(=O)O)cc4C3(C)C)/CCC2)=[N+](CCCCCCS(=O)(=O)O)c2ccc(S(=O)(=O)O)cc21. The van der Waals surface area contributed by atoms with Crippen LogP contribution in [0, 0.1) is 0 Å². The Morgan fingerprint density at radius 3 is 1.86 bits per heavy atom. The first kappa shape index (κ1) is 85.8. The van der Waals surface area contributed by atoms with Crippen LogP contribution >= 0.6 is 0 Å². The molecular weight excluding hydrogens is 1490 g/mol. The molecule has 3 aliphatic heterocycles. The first-order chi connectivity index (χ1) is 50.5. The van der Waals surface area contributed by atoms with Gasteiger partial charge in [0.2, 0.25) is 5.69 Å². The third-order valence-corrected chi connectivity index (χ3v) is 22.4. The van der Waals surface area contributed by atoms with Gasteiger partial charge in [-0.1, -0.05) is 50.5 Å². The van der Waals surface area contributed by atoms with E-state index in [-0.39, 0.29) is 97.0 Å². The van der Waals surface area contributed by atoms with E-state index >= 15 is 0 Å². The van der Waals surface area contributed by atoms with E-state index in [2.05, 4.69) is 20.9 Å². The van der Waals surface area contributed by atoms with Gasteiger partial charge < -0.3 is 47.3 Å². The third-order valence-electron chi connectivity index (χ3n) is 19.1. The van der Waals surface area contributed by atoms with Crippen LogP contribution in [0.1, 0.15) is 174 Å². The lowest BCUT2D eigenvalue weighted by atomic mass is 9.79. The van der Waals surface area contributed by atoms with Crippen molar-refractivity contribution < 1.29 is 112 Å². The molecule has 0 atom stereocenters. The molecule has 0 spiro atoms. The highest BCUT2D eigenvalue weighted by atomic mass is 32.2. The number of quaternary nitrogens is 1. The molecule has 1 aliphatic carbocycles. The van der Waals surface area contributed by atoms with Gasteiger partial charge in [-0.15, -0.1) is 10.2 Å². The maximum Gasteiger partial charge on any atom is 0.531 e. The van der Waals surface area contributed by atoms with Crippen molar-refractivity contribution in [1.29, 1.82) is 0 Å². The Labute approximate surface area is 628 Å². The van der Waals surface area contributed by atoms with E-state index in [1.165, 1.54) is 49.1 Å². The van der Waals surface area contributed by atoms with E-state index in [1.807, 2.05) is 61.5 Å². The Kier molecular flexibility index (Phi) is 28.8. The summed E-state index contributed by atoms with van der Waals surface area (Å²) >= 11 is 0. The van der Waals surface area contributed by atoms with Crippen LogP contribution in [-0.2, 0) is 93.1 Å². The molecule has 1 fully saturated rings. The Hall–Kier alpha value is -7.85. The highest BCUT2D eigenvalue weighted by molar-refractivity contribution is 7.86. The van der Waals surface area contributed by atoms with E-state index in [9.17, 15) is 88.8 Å². The minimum absolute atomic E-state index is 0.00647. The number of halogens is 3. The predicted octanol–water partition coefficient (Wildman–Crippen LogP) is 8.78. The Morgan fingerprint density at radius 2 is 1.24 bits per heavy atom. The normalized spacial score (nSPS) is 17.1. The monoisotopic (exact) mass is 1590 g/mol. The van der Waals surface area contributed by atoms with Gasteiger partial charge in [-0.3, -0.25) is 42.1 Å². The molecule has 1 aromatic heterocycles. The molecule has 0 bridgehead atoms. The topological polar surface area (TPSA) is 395 Å². The van der Waals surface area contributed by atoms with Crippen LogP contribution < -0.4 is 15.5 Å². The number of imide groups is 1. The number of fused-ring (bicyclic) bond motifs is 2. The number of ether oxygens (including phenoxy) is 2. The molecule has 6 N–H and O–H groups in total. The average Bonchev–Trinajstić information content (AvgIpc) is 1.57. The Morgan fingerprint density at radius 1 is 0.657 bits per heavy atom. The van der Waals surface area contributed by atoms with Crippen LogP contribution in [0.3, 0.4) is 0 Å². The number of amides is 4. The number of nitrogens with one attached hydrogen (secondary N) is 2. The lowest BCUT2D eigenvalue weighted by molar-refractivity contribution is -0.895. The molecular formula is C71H96BF3N9O20S4+. The van der Waals surface area contributed by atoms with Crippen molar-refractivity contribution in [2.45, 2.75) is 164 Å². The van der Waals surface area contributed by atoms with Gasteiger partial charge in [-0.2, -0.15) is 38.2 Å². The summed E-state index contributed by atoms with van der Waals surface area (Å²) in [7, 11) is -14.8. The summed E-state index contributed by atoms with van der Waals surface area (Å²) in [5, 5.41) is 14.5. The zero-order valence-corrected chi connectivity index (χ0v) is 64.7. The zero-order chi connectivity index (χ0) is 79.2. The first-order valence-electron chi connectivity index (χ1n) is 35.8. The Bertz CT molecular complexity index is 4660. The molecule has 0 saturated carbocycles. The number of nitrogens with zero attached hydrogens (tertiary/aromatic N) is 7. The molecule has 0 radical (unpaired) electrons. The predicted molar refractivity (Wildman–Crippen MR) is 395 cm³/mol. The molecule has 1 saturated heterocycles. The van der Waals surface area contributed by atoms with Crippen LogP contribution in [0.2, 0.25) is 0 Å². The molecule has 592 valence electrons. The van der Waals surface area contributed by atoms with Gasteiger partial charge in [0.05, 0.1) is 66.7 Å². The number of carbonyl (C=O) groups is 5. The molecule has 4 heterocycles. The third kappa shape index (κ3) is 24.3. The summed E-state index contributed by atoms with van der Waals surface area (Å²) in [6, 6.07) is 13.5. The van der Waals surface area contributed by atoms with Crippen LogP contribution in [0.15, 0.2) is 112 Å². The van der Waals surface area contributed by atoms with Crippen LogP contribution in [0.4, 0.5) is 24.3 Å². The summed E-state index contributed by atoms with van der Waals surface area (Å²) in [6.07, 6.45) is 14.3. The molecule has 4 aliphatic rings. The molecule has 0 unspecified atom stereocenters. The molecule has 108 heavy (non-hydrogen) atoms. The van der Waals surface area contributed by atoms with Gasteiger partial charge in [0, 0.05) is 97.7 Å². The second-order valence-electron chi connectivity index (χ2n) is 29.0. The molecule has 37 heteroatoms. The van der Waals surface area contributed by atoms with Crippen molar-refractivity contribution in [2.24, 2.45) is 0 Å². The number of benzene rings is 3. The number of carbonyl (C=O) groups excluding carboxylic acids is 5. The van der Waals surface area contributed by atoms with Crippen LogP contribution in [0.25, 0.3) is 5.57 Å². The van der Waals surface area contributed by atoms with E-state index in [4.69, 9.17) is 14.3 Å². The standard InChI is InChI=1S/C71H95BF3N9O20S4/c1-70(2)58-44-56(107(96,97)98)23-25-60(58)81(34-12-7-9-15-39-105(90,91)92)62(70)27-21-50-19-17-20-51(22-28-63-71(3,4)59-45-57(108(99,100)101)24-26-61(59)82(63)35-13-8-10-16-40-106(93,94)95)67(50)52-41-53(68(88)76-31-11-14-33-80-46-55(78-79-80)47-84(5,6)49-72(73,74)75)43-54(42-52)69(89)77-32-18-36-102-37-38-103-48-66(87)104-83-64(85)29-30-65(83)86/h21-28,41-46H,7-20,29-40,47-49H2,1-6H3,(H5-,76,77,88,89,90,91,92,93,94,95,96,97,98,99,100,101)/p+1. The molecule has 4 aromatic rings. The first-order valence-corrected chi connectivity index (χ1v) is 41.9. The highest BCUT2D eigenvalue weighted by Crippen LogP contribution is 2.50. The quantitative estimate of drug-likeness (QED) is 0.00603. The van der Waals surface area contributed by atoms with Gasteiger partial charge in [-0.05, 0) is 161 Å². The van der Waals surface area contributed by atoms with Crippen molar-refractivity contribution in [1.82, 2.24) is 30.7 Å². The second kappa shape index (κ2) is 36.3. The fourth-order valence-electron chi connectivity index (χ4n) is 13.9. The number of anilines is 1. The van der Waals surface area contributed by atoms with Crippen molar-refractivity contribution >= 4 is 99.7 Å². The zero-order valence-electron chi connectivity index (χ0n) is 61.4. The summed E-state index contributed by atoms with van der Waals surface area (Å²) in [6.45, 7) is 3.38. The van der Waals surface area contributed by atoms with E-state index < -0.39 is 112 Å². The van der Waals surface area contributed by atoms with Crippen molar-refractivity contribution in [3.8, 4) is 0 Å². The van der Waals surface area contributed by atoms with Gasteiger partial charge in [0.15, 0.2) is 5.71 Å². The fourth-order valence-corrected chi connectivity index (χ4v) is 16.0. The largest absolute Gasteiger partial charge is 0.531 e. The number of allylic oxidation sites excluding steroid dienone is 8. The van der Waals surface area contributed by atoms with Crippen LogP contribution in [-0.4, -0.2) is 208 Å². The maximum absolute atomic E-state index is 14.7. The van der Waals surface area contributed by atoms with Gasteiger partial charge in [0.25, 0.3) is 64.1 Å². The van der Waals surface area contributed by atoms with Gasteiger partial charge in [0.1, 0.15) is 25.4 Å². The van der Waals surface area contributed by atoms with Gasteiger partial charge in [-0.25, -0.2) is 4.79 Å². The minimum atomic E-state index is -5.06. The van der Waals surface area contributed by atoms with E-state index in [0.717, 1.165) is 11.1 Å². The lowest BCUT2D eigenvalue weighted by Crippen LogP contribution is -2.48. The summed E-state index contributed by atoms with van der Waals surface area (Å²) in [5.41, 5.74) is 5.12. The summed E-state index contributed by atoms with van der Waals surface area (Å²) in [5.74, 6) is -4.17. The molecule has 4 amide bonds.